The molecule has 0 saturated heterocycles. The van der Waals surface area contributed by atoms with Crippen molar-refractivity contribution in [2.45, 2.75) is 0 Å². The second kappa shape index (κ2) is 7.04. The zero-order valence-electron chi connectivity index (χ0n) is 10.6. The van der Waals surface area contributed by atoms with Crippen LogP contribution in [0, 0.1) is 0 Å². The van der Waals surface area contributed by atoms with E-state index in [4.69, 9.17) is 9.47 Å². The number of methoxy groups -OCH3 is 2. The summed E-state index contributed by atoms with van der Waals surface area (Å²) in [5, 5.41) is 0. The highest BCUT2D eigenvalue weighted by Crippen LogP contribution is 2.17. The van der Waals surface area contributed by atoms with Crippen molar-refractivity contribution in [1.82, 2.24) is 4.90 Å². The van der Waals surface area contributed by atoms with Gasteiger partial charge < -0.3 is 9.47 Å². The van der Waals surface area contributed by atoms with E-state index >= 15 is 0 Å². The lowest BCUT2D eigenvalue weighted by molar-refractivity contribution is 0.0920. The minimum Gasteiger partial charge on any atom is -0.496 e. The lowest BCUT2D eigenvalue weighted by Crippen LogP contribution is -2.29. The Hall–Kier alpha value is -1.39. The van der Waals surface area contributed by atoms with Crippen LogP contribution < -0.4 is 4.74 Å². The summed E-state index contributed by atoms with van der Waals surface area (Å²) in [5.41, 5.74) is 0.624. The Bertz CT molecular complexity index is 365. The van der Waals surface area contributed by atoms with E-state index < -0.39 is 0 Å². The molecule has 0 fully saturated rings. The second-order valence-electron chi connectivity index (χ2n) is 3.85. The Labute approximate surface area is 102 Å². The molecular weight excluding hydrogens is 218 g/mol. The van der Waals surface area contributed by atoms with Gasteiger partial charge >= 0.3 is 0 Å². The molecule has 4 heteroatoms. The summed E-state index contributed by atoms with van der Waals surface area (Å²) in [4.78, 5) is 14.0. The lowest BCUT2D eigenvalue weighted by Gasteiger charge is -2.15. The van der Waals surface area contributed by atoms with E-state index in [1.807, 2.05) is 24.1 Å². The van der Waals surface area contributed by atoms with Gasteiger partial charge in [0.2, 0.25) is 0 Å². The Balaban J connectivity index is 2.63. The first-order valence-corrected chi connectivity index (χ1v) is 5.52. The maximum absolute atomic E-state index is 12.0. The van der Waals surface area contributed by atoms with Crippen LogP contribution in [0.1, 0.15) is 10.4 Å². The molecule has 0 atom stereocenters. The first-order valence-electron chi connectivity index (χ1n) is 5.52. The molecule has 1 aromatic rings. The van der Waals surface area contributed by atoms with Crippen LogP contribution in [0.2, 0.25) is 0 Å². The number of ether oxygens (including phenoxy) is 2. The fourth-order valence-electron chi connectivity index (χ4n) is 1.53. The average molecular weight is 237 g/mol. The molecule has 0 aliphatic rings. The molecule has 0 amide bonds. The zero-order valence-corrected chi connectivity index (χ0v) is 10.6. The van der Waals surface area contributed by atoms with Gasteiger partial charge in [0, 0.05) is 13.7 Å². The molecule has 0 spiro atoms. The molecule has 0 aromatic heterocycles. The van der Waals surface area contributed by atoms with Crippen LogP contribution in [-0.2, 0) is 4.74 Å². The monoisotopic (exact) mass is 237 g/mol. The Morgan fingerprint density at radius 3 is 2.65 bits per heavy atom. The van der Waals surface area contributed by atoms with E-state index in [-0.39, 0.29) is 5.78 Å². The molecule has 1 aromatic carbocycles. The summed E-state index contributed by atoms with van der Waals surface area (Å²) in [6.45, 7) is 1.72. The van der Waals surface area contributed by atoms with Crippen LogP contribution in [0.15, 0.2) is 24.3 Å². The van der Waals surface area contributed by atoms with E-state index in [1.54, 1.807) is 26.4 Å². The van der Waals surface area contributed by atoms with Crippen LogP contribution in [0.3, 0.4) is 0 Å². The predicted molar refractivity (Wildman–Crippen MR) is 66.7 cm³/mol. The van der Waals surface area contributed by atoms with E-state index in [2.05, 4.69) is 0 Å². The average Bonchev–Trinajstić information content (AvgIpc) is 2.36. The fourth-order valence-corrected chi connectivity index (χ4v) is 1.53. The first kappa shape index (κ1) is 13.7. The summed E-state index contributed by atoms with van der Waals surface area (Å²) < 4.78 is 10.1. The second-order valence-corrected chi connectivity index (χ2v) is 3.85. The molecule has 0 saturated carbocycles. The van der Waals surface area contributed by atoms with Crippen LogP contribution >= 0.6 is 0 Å². The third-order valence-electron chi connectivity index (χ3n) is 2.50. The van der Waals surface area contributed by atoms with E-state index in [1.165, 1.54) is 0 Å². The molecular formula is C13H19NO3. The van der Waals surface area contributed by atoms with Gasteiger partial charge in [-0.15, -0.1) is 0 Å². The highest BCUT2D eigenvalue weighted by molar-refractivity contribution is 6.00. The van der Waals surface area contributed by atoms with E-state index in [0.717, 1.165) is 6.54 Å². The van der Waals surface area contributed by atoms with Crippen molar-refractivity contribution in [3.8, 4) is 5.75 Å². The zero-order chi connectivity index (χ0) is 12.7. The van der Waals surface area contributed by atoms with Crippen molar-refractivity contribution < 1.29 is 14.3 Å². The van der Waals surface area contributed by atoms with Gasteiger partial charge in [0.25, 0.3) is 0 Å². The number of hydrogen-bond acceptors (Lipinski definition) is 4. The van der Waals surface area contributed by atoms with Gasteiger partial charge in [-0.05, 0) is 19.2 Å². The number of ketones is 1. The van der Waals surface area contributed by atoms with E-state index in [0.29, 0.717) is 24.5 Å². The number of nitrogens with zero attached hydrogens (tertiary/aromatic N) is 1. The number of likely N-dealkylation sites (N-methyl/N-ethyl adjacent to an activating group) is 1. The van der Waals surface area contributed by atoms with Crippen molar-refractivity contribution in [2.75, 3.05) is 41.0 Å². The number of benzene rings is 1. The van der Waals surface area contributed by atoms with Crippen molar-refractivity contribution in [3.05, 3.63) is 29.8 Å². The van der Waals surface area contributed by atoms with E-state index in [9.17, 15) is 4.79 Å². The fraction of sp³-hybridized carbons (Fsp3) is 0.462. The van der Waals surface area contributed by atoms with Crippen LogP contribution in [0.5, 0.6) is 5.75 Å². The Morgan fingerprint density at radius 1 is 1.29 bits per heavy atom. The molecule has 0 bridgehead atoms. The SMILES string of the molecule is COCCN(C)CC(=O)c1ccccc1OC. The molecule has 1 rings (SSSR count). The number of hydrogen-bond donors (Lipinski definition) is 0. The normalized spacial score (nSPS) is 10.6. The van der Waals surface area contributed by atoms with Crippen molar-refractivity contribution >= 4 is 5.78 Å². The van der Waals surface area contributed by atoms with Gasteiger partial charge in [-0.3, -0.25) is 9.69 Å². The summed E-state index contributed by atoms with van der Waals surface area (Å²) in [5.74, 6) is 0.679. The smallest absolute Gasteiger partial charge is 0.180 e. The molecule has 0 aliphatic carbocycles. The third kappa shape index (κ3) is 4.17. The minimum atomic E-state index is 0.0565. The molecule has 0 radical (unpaired) electrons. The number of Topliss-reactive ketones (excluding diaryl/α,β-unsaturated/α-hetero) is 1. The van der Waals surface area contributed by atoms with Gasteiger partial charge in [-0.2, -0.15) is 0 Å². The van der Waals surface area contributed by atoms with Crippen LogP contribution in [0.25, 0.3) is 0 Å². The molecule has 0 unspecified atom stereocenters. The van der Waals surface area contributed by atoms with Gasteiger partial charge in [0.05, 0.1) is 25.8 Å². The van der Waals surface area contributed by atoms with Gasteiger partial charge in [0.15, 0.2) is 5.78 Å². The summed E-state index contributed by atoms with van der Waals surface area (Å²) >= 11 is 0. The van der Waals surface area contributed by atoms with Gasteiger partial charge in [0.1, 0.15) is 5.75 Å². The summed E-state index contributed by atoms with van der Waals surface area (Å²) in [7, 11) is 5.11. The highest BCUT2D eigenvalue weighted by Gasteiger charge is 2.13. The number of rotatable bonds is 7. The number of carbonyl (C=O) groups is 1. The van der Waals surface area contributed by atoms with Gasteiger partial charge in [-0.25, -0.2) is 0 Å². The summed E-state index contributed by atoms with van der Waals surface area (Å²) in [6, 6.07) is 7.27. The quantitative estimate of drug-likeness (QED) is 0.673. The third-order valence-corrected chi connectivity index (χ3v) is 2.50. The lowest BCUT2D eigenvalue weighted by atomic mass is 10.1. The minimum absolute atomic E-state index is 0.0565. The molecule has 4 nitrogen and oxygen atoms in total. The van der Waals surface area contributed by atoms with Gasteiger partial charge in [-0.1, -0.05) is 12.1 Å². The highest BCUT2D eigenvalue weighted by atomic mass is 16.5. The molecule has 17 heavy (non-hydrogen) atoms. The molecule has 94 valence electrons. The van der Waals surface area contributed by atoms with Crippen LogP contribution in [-0.4, -0.2) is 51.6 Å². The predicted octanol–water partition coefficient (Wildman–Crippen LogP) is 1.46. The number of para-hydroxylation sites is 1. The molecule has 0 heterocycles. The summed E-state index contributed by atoms with van der Waals surface area (Å²) in [6.07, 6.45) is 0. The Kier molecular flexibility index (Phi) is 5.66. The molecule has 0 aliphatic heterocycles. The van der Waals surface area contributed by atoms with Crippen molar-refractivity contribution in [1.29, 1.82) is 0 Å². The molecule has 0 N–H and O–H groups in total. The largest absolute Gasteiger partial charge is 0.496 e. The number of carbonyl (C=O) groups excluding carboxylic acids is 1. The first-order chi connectivity index (χ1) is 8.19. The standard InChI is InChI=1S/C13H19NO3/c1-14(8-9-16-2)10-12(15)11-6-4-5-7-13(11)17-3/h4-7H,8-10H2,1-3H3. The van der Waals surface area contributed by atoms with Crippen molar-refractivity contribution in [3.63, 3.8) is 0 Å². The maximum atomic E-state index is 12.0. The topological polar surface area (TPSA) is 38.8 Å². The van der Waals surface area contributed by atoms with Crippen LogP contribution in [0.4, 0.5) is 0 Å². The maximum Gasteiger partial charge on any atom is 0.180 e. The van der Waals surface area contributed by atoms with Crippen molar-refractivity contribution in [2.24, 2.45) is 0 Å². The Morgan fingerprint density at radius 2 is 2.00 bits per heavy atom.